The molecule has 3 aromatic rings. The van der Waals surface area contributed by atoms with Gasteiger partial charge in [0.1, 0.15) is 22.9 Å². The number of benzene rings is 1. The first kappa shape index (κ1) is 43.8. The molecular formula is C39H46F6N4O7. The van der Waals surface area contributed by atoms with Crippen LogP contribution in [-0.2, 0) is 32.6 Å². The third-order valence-electron chi connectivity index (χ3n) is 8.13. The average molecular weight is 797 g/mol. The fourth-order valence-electron chi connectivity index (χ4n) is 5.41. The van der Waals surface area contributed by atoms with E-state index in [1.807, 2.05) is 0 Å². The Balaban J connectivity index is 2.02. The molecule has 1 saturated carbocycles. The highest BCUT2D eigenvalue weighted by molar-refractivity contribution is 6.11. The number of pyridine rings is 1. The molecule has 2 heterocycles. The summed E-state index contributed by atoms with van der Waals surface area (Å²) in [5.41, 5.74) is -8.80. The summed E-state index contributed by atoms with van der Waals surface area (Å²) in [7, 11) is 0. The predicted octanol–water partition coefficient (Wildman–Crippen LogP) is 10.9. The molecule has 0 aliphatic heterocycles. The molecule has 2 aromatic heterocycles. The second-order valence-electron chi connectivity index (χ2n) is 15.3. The highest BCUT2D eigenvalue weighted by Crippen LogP contribution is 2.48. The van der Waals surface area contributed by atoms with Crippen molar-refractivity contribution in [2.45, 2.75) is 122 Å². The number of hydrogen-bond acceptors (Lipinski definition) is 10. The second-order valence-corrected chi connectivity index (χ2v) is 15.3. The zero-order valence-electron chi connectivity index (χ0n) is 32.1. The van der Waals surface area contributed by atoms with E-state index < -0.39 is 95.1 Å². The molecule has 1 aromatic carbocycles. The Morgan fingerprint density at radius 1 is 0.929 bits per heavy atom. The van der Waals surface area contributed by atoms with Gasteiger partial charge in [-0.15, -0.1) is 23.4 Å². The third-order valence-corrected chi connectivity index (χ3v) is 8.13. The third kappa shape index (κ3) is 11.3. The van der Waals surface area contributed by atoms with Crippen LogP contribution in [0.4, 0.5) is 41.6 Å². The van der Waals surface area contributed by atoms with Crippen molar-refractivity contribution in [1.29, 1.82) is 0 Å². The number of aromatic nitrogens is 3. The quantitative estimate of drug-likeness (QED) is 0.108. The van der Waals surface area contributed by atoms with Gasteiger partial charge in [-0.25, -0.2) is 14.6 Å². The van der Waals surface area contributed by atoms with Crippen molar-refractivity contribution in [3.8, 4) is 17.5 Å². The first-order valence-corrected chi connectivity index (χ1v) is 17.8. The lowest BCUT2D eigenvalue weighted by atomic mass is 9.96. The van der Waals surface area contributed by atoms with E-state index in [0.717, 1.165) is 12.8 Å². The lowest BCUT2D eigenvalue weighted by Gasteiger charge is -2.32. The van der Waals surface area contributed by atoms with Crippen LogP contribution in [-0.4, -0.2) is 50.9 Å². The van der Waals surface area contributed by atoms with Crippen molar-refractivity contribution in [1.82, 2.24) is 15.2 Å². The molecule has 4 rings (SSSR count). The Labute approximate surface area is 321 Å². The maximum absolute atomic E-state index is 15.2. The SMILES string of the molecule is C=CCCC(OCc1ccccc1)(c1nnc(-c2nc(OC(CC=C)CC3CC3)c(C(F)(F)F)cc2N(C(=O)OC(C)(C)C)C(=O)OC(C)(C)C)o1)C(F)(F)F. The smallest absolute Gasteiger partial charge is 0.426 e. The standard InChI is InChI=1S/C39H46F6N4O7/c1-9-11-20-37(39(43,44)45,52-23-25-16-13-12-14-17-25)32-48-47-31(54-32)29-28(49(33(50)55-35(3,4)5)34(51)56-36(6,7)8)22-27(38(40,41)42)30(46-29)53-26(15-10-2)21-24-18-19-24/h9-10,12-14,16-17,22,24,26H,1-2,11,15,18-21,23H2,3-8H3. The second kappa shape index (κ2) is 17.1. The van der Waals surface area contributed by atoms with Gasteiger partial charge in [0.05, 0.1) is 12.3 Å². The Bertz CT molecular complexity index is 1820. The molecule has 11 nitrogen and oxygen atoms in total. The van der Waals surface area contributed by atoms with Crippen LogP contribution >= 0.6 is 0 Å². The minimum absolute atomic E-state index is 0.120. The lowest BCUT2D eigenvalue weighted by molar-refractivity contribution is -0.299. The Morgan fingerprint density at radius 2 is 1.54 bits per heavy atom. The molecule has 17 heteroatoms. The fraction of sp³-hybridized carbons (Fsp3) is 0.513. The van der Waals surface area contributed by atoms with Gasteiger partial charge >= 0.3 is 24.5 Å². The number of carbonyl (C=O) groups excluding carboxylic acids is 2. The van der Waals surface area contributed by atoms with Gasteiger partial charge in [0, 0.05) is 6.42 Å². The Kier molecular flexibility index (Phi) is 13.3. The summed E-state index contributed by atoms with van der Waals surface area (Å²) in [5.74, 6) is -2.88. The monoisotopic (exact) mass is 796 g/mol. The molecule has 0 N–H and O–H groups in total. The molecule has 1 fully saturated rings. The topological polar surface area (TPSA) is 126 Å². The molecule has 0 bridgehead atoms. The van der Waals surface area contributed by atoms with Gasteiger partial charge in [-0.1, -0.05) is 55.3 Å². The summed E-state index contributed by atoms with van der Waals surface area (Å²) in [5, 5.41) is 7.46. The summed E-state index contributed by atoms with van der Waals surface area (Å²) in [6.45, 7) is 15.3. The number of amides is 2. The van der Waals surface area contributed by atoms with Crippen LogP contribution in [0.2, 0.25) is 0 Å². The van der Waals surface area contributed by atoms with E-state index in [1.165, 1.54) is 53.7 Å². The molecule has 2 unspecified atom stereocenters. The van der Waals surface area contributed by atoms with E-state index in [1.54, 1.807) is 30.3 Å². The number of nitrogens with zero attached hydrogens (tertiary/aromatic N) is 4. The molecule has 1 aliphatic carbocycles. The van der Waals surface area contributed by atoms with Gasteiger partial charge in [0.2, 0.25) is 11.5 Å². The molecule has 0 radical (unpaired) electrons. The minimum atomic E-state index is -5.21. The van der Waals surface area contributed by atoms with E-state index in [9.17, 15) is 22.8 Å². The van der Waals surface area contributed by atoms with Gasteiger partial charge in [0.25, 0.3) is 11.8 Å². The Morgan fingerprint density at radius 3 is 2.04 bits per heavy atom. The minimum Gasteiger partial charge on any atom is -0.474 e. The van der Waals surface area contributed by atoms with Crippen LogP contribution < -0.4 is 9.64 Å². The number of halogens is 6. The van der Waals surface area contributed by atoms with Gasteiger partial charge in [-0.2, -0.15) is 31.2 Å². The van der Waals surface area contributed by atoms with Gasteiger partial charge < -0.3 is 23.4 Å². The first-order valence-electron chi connectivity index (χ1n) is 17.8. The van der Waals surface area contributed by atoms with Crippen molar-refractivity contribution in [2.75, 3.05) is 4.90 Å². The number of ether oxygens (including phenoxy) is 4. The molecule has 56 heavy (non-hydrogen) atoms. The molecule has 0 spiro atoms. The van der Waals surface area contributed by atoms with Crippen molar-refractivity contribution < 1.29 is 59.3 Å². The van der Waals surface area contributed by atoms with Crippen molar-refractivity contribution in [3.05, 3.63) is 78.7 Å². The molecule has 0 saturated heterocycles. The molecule has 2 amide bonds. The van der Waals surface area contributed by atoms with E-state index in [0.29, 0.717) is 18.1 Å². The van der Waals surface area contributed by atoms with Crippen LogP contribution in [0, 0.1) is 5.92 Å². The summed E-state index contributed by atoms with van der Waals surface area (Å²) < 4.78 is 118. The Hall–Kier alpha value is -4.93. The number of hydrogen-bond donors (Lipinski definition) is 0. The lowest BCUT2D eigenvalue weighted by Crippen LogP contribution is -2.45. The molecule has 2 atom stereocenters. The summed E-state index contributed by atoms with van der Waals surface area (Å²) in [6.07, 6.45) is -10.5. The number of carbonyl (C=O) groups is 2. The number of anilines is 1. The first-order chi connectivity index (χ1) is 26.0. The zero-order valence-corrected chi connectivity index (χ0v) is 32.1. The summed E-state index contributed by atoms with van der Waals surface area (Å²) >= 11 is 0. The maximum atomic E-state index is 15.2. The van der Waals surface area contributed by atoms with E-state index in [4.69, 9.17) is 23.4 Å². The molecule has 306 valence electrons. The van der Waals surface area contributed by atoms with E-state index >= 15 is 13.2 Å². The highest BCUT2D eigenvalue weighted by Gasteiger charge is 2.61. The van der Waals surface area contributed by atoms with Crippen LogP contribution in [0.25, 0.3) is 11.6 Å². The van der Waals surface area contributed by atoms with Crippen LogP contribution in [0.15, 0.2) is 66.1 Å². The number of rotatable bonds is 15. The highest BCUT2D eigenvalue weighted by atomic mass is 19.4. The predicted molar refractivity (Wildman–Crippen MR) is 192 cm³/mol. The van der Waals surface area contributed by atoms with Crippen molar-refractivity contribution in [3.63, 3.8) is 0 Å². The number of alkyl halides is 6. The van der Waals surface area contributed by atoms with Gasteiger partial charge in [-0.05, 0) is 78.4 Å². The van der Waals surface area contributed by atoms with E-state index in [-0.39, 0.29) is 23.7 Å². The number of imide groups is 1. The zero-order chi connectivity index (χ0) is 41.7. The molecule has 1 aliphatic rings. The van der Waals surface area contributed by atoms with Crippen LogP contribution in [0.3, 0.4) is 0 Å². The number of allylic oxidation sites excluding steroid dienone is 1. The van der Waals surface area contributed by atoms with Crippen molar-refractivity contribution >= 4 is 17.9 Å². The van der Waals surface area contributed by atoms with Gasteiger partial charge in [0.15, 0.2) is 5.69 Å². The average Bonchev–Trinajstić information content (AvgIpc) is 3.74. The normalized spacial score (nSPS) is 15.4. The molecular weight excluding hydrogens is 750 g/mol. The largest absolute Gasteiger partial charge is 0.474 e. The van der Waals surface area contributed by atoms with Crippen LogP contribution in [0.1, 0.15) is 97.1 Å². The maximum Gasteiger partial charge on any atom is 0.426 e. The fourth-order valence-corrected chi connectivity index (χ4v) is 5.41. The summed E-state index contributed by atoms with van der Waals surface area (Å²) in [6, 6.07) is 8.32. The van der Waals surface area contributed by atoms with Crippen LogP contribution in [0.5, 0.6) is 5.88 Å². The van der Waals surface area contributed by atoms with E-state index in [2.05, 4.69) is 28.3 Å². The van der Waals surface area contributed by atoms with Gasteiger partial charge in [-0.3, -0.25) is 0 Å². The summed E-state index contributed by atoms with van der Waals surface area (Å²) in [4.78, 5) is 31.7. The van der Waals surface area contributed by atoms with Crippen molar-refractivity contribution in [2.24, 2.45) is 5.92 Å².